The average molecular weight is 795 g/mol. The van der Waals surface area contributed by atoms with Crippen LogP contribution in [0.4, 0.5) is 0 Å². The number of carbonyl (C=O) groups is 2. The van der Waals surface area contributed by atoms with E-state index in [1.807, 2.05) is 21.1 Å². The molecule has 0 spiro atoms. The normalized spacial score (nSPS) is 14.2. The molecule has 0 aromatic heterocycles. The maximum atomic E-state index is 12.7. The van der Waals surface area contributed by atoms with E-state index in [1.54, 1.807) is 0 Å². The molecule has 0 radical (unpaired) electrons. The fraction of sp³-hybridized carbons (Fsp3) is 0.733. The van der Waals surface area contributed by atoms with Gasteiger partial charge in [0.05, 0.1) is 27.7 Å². The van der Waals surface area contributed by atoms with Gasteiger partial charge in [0.2, 0.25) is 0 Å². The van der Waals surface area contributed by atoms with Crippen molar-refractivity contribution in [2.24, 2.45) is 0 Å². The zero-order valence-corrected chi connectivity index (χ0v) is 36.5. The van der Waals surface area contributed by atoms with Crippen LogP contribution in [0, 0.1) is 0 Å². The topological polar surface area (TPSA) is 108 Å². The molecule has 0 fully saturated rings. The van der Waals surface area contributed by atoms with Gasteiger partial charge in [0.25, 0.3) is 0 Å². The Bertz CT molecular complexity index is 1120. The quantitative estimate of drug-likeness (QED) is 0.0216. The summed E-state index contributed by atoms with van der Waals surface area (Å²) in [5, 5.41) is 0. The summed E-state index contributed by atoms with van der Waals surface area (Å²) >= 11 is 0. The highest BCUT2D eigenvalue weighted by Crippen LogP contribution is 2.43. The van der Waals surface area contributed by atoms with Gasteiger partial charge in [-0.05, 0) is 77.0 Å². The molecule has 9 nitrogen and oxygen atoms in total. The van der Waals surface area contributed by atoms with Crippen LogP contribution >= 0.6 is 7.82 Å². The predicted molar refractivity (Wildman–Crippen MR) is 229 cm³/mol. The number of allylic oxidation sites excluding steroid dienone is 10. The Labute approximate surface area is 336 Å². The van der Waals surface area contributed by atoms with Gasteiger partial charge in [-0.25, -0.2) is 4.57 Å². The standard InChI is InChI=1S/C45H80NO8P/c1-6-8-10-12-14-16-18-20-22-23-24-26-28-30-32-34-36-38-45(48)54-43(42-53-55(49,50)52-40-39-46(3,4)5)41-51-44(47)37-35-33-31-29-27-25-21-19-17-15-13-11-9-7-2/h13-16,19-22,24,26,43H,6-12,17-18,23,25,27-42H2,1-5H3/p+1/b15-13+,16-14+,21-19+,22-20+,26-24+/t43-/m1/s1. The number of esters is 2. The third-order valence-electron chi connectivity index (χ3n) is 8.77. The molecular formula is C45H81NO8P+. The molecule has 0 heterocycles. The molecule has 55 heavy (non-hydrogen) atoms. The van der Waals surface area contributed by atoms with Crippen molar-refractivity contribution in [2.45, 2.75) is 168 Å². The summed E-state index contributed by atoms with van der Waals surface area (Å²) in [6.07, 6.45) is 44.0. The summed E-state index contributed by atoms with van der Waals surface area (Å²) in [7, 11) is 1.44. The van der Waals surface area contributed by atoms with Gasteiger partial charge >= 0.3 is 19.8 Å². The van der Waals surface area contributed by atoms with Crippen LogP contribution in [0.3, 0.4) is 0 Å². The second-order valence-electron chi connectivity index (χ2n) is 15.4. The third-order valence-corrected chi connectivity index (χ3v) is 9.75. The summed E-state index contributed by atoms with van der Waals surface area (Å²) in [5.41, 5.74) is 0. The Hall–Kier alpha value is -2.29. The number of rotatable bonds is 38. The van der Waals surface area contributed by atoms with Gasteiger partial charge in [-0.2, -0.15) is 0 Å². The zero-order valence-electron chi connectivity index (χ0n) is 35.6. The predicted octanol–water partition coefficient (Wildman–Crippen LogP) is 12.1. The third kappa shape index (κ3) is 41.2. The molecule has 10 heteroatoms. The second kappa shape index (κ2) is 37.3. The number of hydrogen-bond donors (Lipinski definition) is 1. The van der Waals surface area contributed by atoms with Crippen LogP contribution < -0.4 is 0 Å². The van der Waals surface area contributed by atoms with Crippen LogP contribution in [0.2, 0.25) is 0 Å². The van der Waals surface area contributed by atoms with E-state index in [4.69, 9.17) is 18.5 Å². The maximum Gasteiger partial charge on any atom is 0.472 e. The van der Waals surface area contributed by atoms with Crippen LogP contribution in [-0.4, -0.2) is 74.9 Å². The SMILES string of the molecule is CCCC/C=C/C/C=C/CCCCCCCC(=O)OC[C@H](COP(=O)(O)OCC[N+](C)(C)C)OC(=O)CCCCCC/C=C/C/C=C/C/C=C/CCCCC. The van der Waals surface area contributed by atoms with Crippen molar-refractivity contribution in [2.75, 3.05) is 47.5 Å². The molecule has 0 aromatic carbocycles. The first kappa shape index (κ1) is 52.7. The molecule has 0 rings (SSSR count). The molecule has 0 aromatic rings. The molecule has 2 atom stereocenters. The van der Waals surface area contributed by atoms with E-state index in [-0.39, 0.29) is 26.1 Å². The van der Waals surface area contributed by atoms with E-state index in [0.717, 1.165) is 83.5 Å². The zero-order chi connectivity index (χ0) is 40.7. The number of nitrogens with zero attached hydrogens (tertiary/aromatic N) is 1. The molecule has 1 unspecified atom stereocenters. The van der Waals surface area contributed by atoms with Crippen molar-refractivity contribution in [1.82, 2.24) is 0 Å². The molecule has 0 saturated carbocycles. The Morgan fingerprint density at radius 1 is 0.564 bits per heavy atom. The lowest BCUT2D eigenvalue weighted by Gasteiger charge is -2.24. The number of quaternary nitrogens is 1. The van der Waals surface area contributed by atoms with Gasteiger partial charge < -0.3 is 18.9 Å². The van der Waals surface area contributed by atoms with E-state index in [1.165, 1.54) is 38.5 Å². The number of carbonyl (C=O) groups excluding carboxylic acids is 2. The first-order valence-electron chi connectivity index (χ1n) is 21.5. The van der Waals surface area contributed by atoms with Crippen molar-refractivity contribution in [3.05, 3.63) is 60.8 Å². The fourth-order valence-electron chi connectivity index (χ4n) is 5.33. The van der Waals surface area contributed by atoms with Crippen molar-refractivity contribution >= 4 is 19.8 Å². The summed E-state index contributed by atoms with van der Waals surface area (Å²) < 4.78 is 34.2. The van der Waals surface area contributed by atoms with E-state index in [2.05, 4.69) is 74.6 Å². The van der Waals surface area contributed by atoms with Gasteiger partial charge in [-0.15, -0.1) is 0 Å². The Morgan fingerprint density at radius 3 is 1.51 bits per heavy atom. The molecule has 0 aliphatic heterocycles. The number of ether oxygens (including phenoxy) is 2. The first-order chi connectivity index (χ1) is 26.5. The summed E-state index contributed by atoms with van der Waals surface area (Å²) in [4.78, 5) is 35.3. The minimum Gasteiger partial charge on any atom is -0.462 e. The van der Waals surface area contributed by atoms with Gasteiger partial charge in [0.15, 0.2) is 6.10 Å². The number of phosphoric acid groups is 1. The Kier molecular flexibility index (Phi) is 35.7. The molecule has 0 amide bonds. The minimum atomic E-state index is -4.38. The van der Waals surface area contributed by atoms with Crippen molar-refractivity contribution < 1.29 is 42.1 Å². The van der Waals surface area contributed by atoms with Gasteiger partial charge in [-0.1, -0.05) is 132 Å². The highest BCUT2D eigenvalue weighted by molar-refractivity contribution is 7.47. The maximum absolute atomic E-state index is 12.7. The van der Waals surface area contributed by atoms with E-state index in [0.29, 0.717) is 23.9 Å². The smallest absolute Gasteiger partial charge is 0.462 e. The molecular weight excluding hydrogens is 713 g/mol. The summed E-state index contributed by atoms with van der Waals surface area (Å²) in [5.74, 6) is -0.845. The molecule has 0 saturated heterocycles. The fourth-order valence-corrected chi connectivity index (χ4v) is 6.07. The van der Waals surface area contributed by atoms with Crippen molar-refractivity contribution in [3.63, 3.8) is 0 Å². The highest BCUT2D eigenvalue weighted by atomic mass is 31.2. The summed E-state index contributed by atoms with van der Waals surface area (Å²) in [6, 6.07) is 0. The lowest BCUT2D eigenvalue weighted by molar-refractivity contribution is -0.870. The number of unbranched alkanes of at least 4 members (excludes halogenated alkanes) is 14. The molecule has 318 valence electrons. The lowest BCUT2D eigenvalue weighted by atomic mass is 10.1. The number of likely N-dealkylation sites (N-methyl/N-ethyl adjacent to an activating group) is 1. The Morgan fingerprint density at radius 2 is 1.00 bits per heavy atom. The number of hydrogen-bond acceptors (Lipinski definition) is 7. The van der Waals surface area contributed by atoms with E-state index in [9.17, 15) is 19.0 Å². The molecule has 0 bridgehead atoms. The highest BCUT2D eigenvalue weighted by Gasteiger charge is 2.27. The van der Waals surface area contributed by atoms with Gasteiger partial charge in [-0.3, -0.25) is 18.6 Å². The van der Waals surface area contributed by atoms with Crippen LogP contribution in [0.25, 0.3) is 0 Å². The summed E-state index contributed by atoms with van der Waals surface area (Å²) in [6.45, 7) is 4.29. The largest absolute Gasteiger partial charge is 0.472 e. The Balaban J connectivity index is 4.46. The monoisotopic (exact) mass is 795 g/mol. The molecule has 0 aliphatic rings. The van der Waals surface area contributed by atoms with Crippen molar-refractivity contribution in [3.8, 4) is 0 Å². The second-order valence-corrected chi connectivity index (χ2v) is 16.8. The van der Waals surface area contributed by atoms with Crippen molar-refractivity contribution in [1.29, 1.82) is 0 Å². The molecule has 0 aliphatic carbocycles. The van der Waals surface area contributed by atoms with Crippen LogP contribution in [0.15, 0.2) is 60.8 Å². The van der Waals surface area contributed by atoms with Crippen LogP contribution in [0.1, 0.15) is 162 Å². The van der Waals surface area contributed by atoms with E-state index < -0.39 is 32.5 Å². The lowest BCUT2D eigenvalue weighted by Crippen LogP contribution is -2.37. The number of phosphoric ester groups is 1. The average Bonchev–Trinajstić information content (AvgIpc) is 3.13. The van der Waals surface area contributed by atoms with Gasteiger partial charge in [0, 0.05) is 12.8 Å². The van der Waals surface area contributed by atoms with Gasteiger partial charge in [0.1, 0.15) is 19.8 Å². The van der Waals surface area contributed by atoms with E-state index >= 15 is 0 Å². The van der Waals surface area contributed by atoms with Crippen LogP contribution in [-0.2, 0) is 32.7 Å². The molecule has 1 N–H and O–H groups in total. The minimum absolute atomic E-state index is 0.0220. The van der Waals surface area contributed by atoms with Crippen LogP contribution in [0.5, 0.6) is 0 Å². The first-order valence-corrected chi connectivity index (χ1v) is 23.0.